The normalized spacial score (nSPS) is 10.5. The lowest BCUT2D eigenvalue weighted by atomic mass is 10.3. The van der Waals surface area contributed by atoms with Crippen molar-refractivity contribution in [2.75, 3.05) is 5.32 Å². The first-order chi connectivity index (χ1) is 8.20. The van der Waals surface area contributed by atoms with Crippen LogP contribution in [0.4, 0.5) is 10.1 Å². The van der Waals surface area contributed by atoms with Crippen molar-refractivity contribution in [1.29, 1.82) is 0 Å². The Morgan fingerprint density at radius 3 is 2.94 bits per heavy atom. The van der Waals surface area contributed by atoms with Gasteiger partial charge in [-0.2, -0.15) is 5.10 Å². The summed E-state index contributed by atoms with van der Waals surface area (Å²) in [5.74, 6) is -0.210. The quantitative estimate of drug-likeness (QED) is 0.863. The Kier molecular flexibility index (Phi) is 3.98. The Morgan fingerprint density at radius 1 is 1.41 bits per heavy atom. The first kappa shape index (κ1) is 12.3. The highest BCUT2D eigenvalue weighted by atomic mass is 127. The summed E-state index contributed by atoms with van der Waals surface area (Å²) in [6.45, 7) is 3.60. The summed E-state index contributed by atoms with van der Waals surface area (Å²) in [5, 5.41) is 7.48. The number of benzene rings is 1. The third-order valence-electron chi connectivity index (χ3n) is 2.50. The van der Waals surface area contributed by atoms with E-state index in [4.69, 9.17) is 0 Å². The maximum atomic E-state index is 12.9. The molecule has 5 heteroatoms. The van der Waals surface area contributed by atoms with Gasteiger partial charge in [0, 0.05) is 22.0 Å². The number of hydrogen-bond acceptors (Lipinski definition) is 2. The molecule has 0 bridgehead atoms. The Balaban J connectivity index is 2.07. The van der Waals surface area contributed by atoms with Crippen LogP contribution in [0.25, 0.3) is 0 Å². The van der Waals surface area contributed by atoms with Crippen LogP contribution >= 0.6 is 22.6 Å². The highest BCUT2D eigenvalue weighted by molar-refractivity contribution is 14.1. The minimum Gasteiger partial charge on any atom is -0.379 e. The van der Waals surface area contributed by atoms with E-state index in [0.717, 1.165) is 21.5 Å². The van der Waals surface area contributed by atoms with Gasteiger partial charge in [0.25, 0.3) is 0 Å². The lowest BCUT2D eigenvalue weighted by Crippen LogP contribution is -2.08. The predicted molar refractivity (Wildman–Crippen MR) is 74.3 cm³/mol. The topological polar surface area (TPSA) is 29.9 Å². The molecule has 90 valence electrons. The highest BCUT2D eigenvalue weighted by Crippen LogP contribution is 2.19. The van der Waals surface area contributed by atoms with Gasteiger partial charge in [-0.1, -0.05) is 0 Å². The van der Waals surface area contributed by atoms with Gasteiger partial charge < -0.3 is 5.32 Å². The highest BCUT2D eigenvalue weighted by Gasteiger charge is 2.03. The van der Waals surface area contributed by atoms with Crippen LogP contribution in [0.15, 0.2) is 30.5 Å². The van der Waals surface area contributed by atoms with Gasteiger partial charge in [0.05, 0.1) is 12.2 Å². The van der Waals surface area contributed by atoms with Crippen molar-refractivity contribution in [2.24, 2.45) is 0 Å². The first-order valence-corrected chi connectivity index (χ1v) is 6.48. The van der Waals surface area contributed by atoms with Crippen molar-refractivity contribution >= 4 is 28.3 Å². The number of nitrogens with zero attached hydrogens (tertiary/aromatic N) is 2. The summed E-state index contributed by atoms with van der Waals surface area (Å²) in [7, 11) is 0. The molecular formula is C12H13FIN3. The fraction of sp³-hybridized carbons (Fsp3) is 0.250. The van der Waals surface area contributed by atoms with Crippen LogP contribution in [-0.2, 0) is 13.1 Å². The standard InChI is InChI=1S/C12H13FIN3/c1-2-17-10(5-6-16-17)8-15-12-4-3-9(13)7-11(12)14/h3-7,15H,2,8H2,1H3. The molecule has 1 N–H and O–H groups in total. The molecule has 3 nitrogen and oxygen atoms in total. The molecule has 0 amide bonds. The molecule has 0 unspecified atom stereocenters. The molecule has 2 rings (SSSR count). The van der Waals surface area contributed by atoms with E-state index < -0.39 is 0 Å². The third kappa shape index (κ3) is 2.96. The zero-order valence-corrected chi connectivity index (χ0v) is 11.6. The zero-order valence-electron chi connectivity index (χ0n) is 9.45. The Bertz CT molecular complexity index is 510. The van der Waals surface area contributed by atoms with Gasteiger partial charge >= 0.3 is 0 Å². The van der Waals surface area contributed by atoms with Crippen LogP contribution in [0.2, 0.25) is 0 Å². The smallest absolute Gasteiger partial charge is 0.124 e. The largest absolute Gasteiger partial charge is 0.379 e. The lowest BCUT2D eigenvalue weighted by Gasteiger charge is -2.09. The van der Waals surface area contributed by atoms with Crippen molar-refractivity contribution in [3.8, 4) is 0 Å². The maximum absolute atomic E-state index is 12.9. The summed E-state index contributed by atoms with van der Waals surface area (Å²) in [6.07, 6.45) is 1.79. The Labute approximate surface area is 113 Å². The first-order valence-electron chi connectivity index (χ1n) is 5.40. The van der Waals surface area contributed by atoms with E-state index in [9.17, 15) is 4.39 Å². The minimum atomic E-state index is -0.210. The molecule has 0 fully saturated rings. The number of aromatic nitrogens is 2. The number of aryl methyl sites for hydroxylation is 1. The van der Waals surface area contributed by atoms with E-state index in [1.807, 2.05) is 10.7 Å². The van der Waals surface area contributed by atoms with Gasteiger partial charge in [-0.25, -0.2) is 4.39 Å². The molecule has 0 saturated heterocycles. The second-order valence-electron chi connectivity index (χ2n) is 3.62. The Hall–Kier alpha value is -1.11. The zero-order chi connectivity index (χ0) is 12.3. The SMILES string of the molecule is CCn1nccc1CNc1ccc(F)cc1I. The van der Waals surface area contributed by atoms with Crippen LogP contribution < -0.4 is 5.32 Å². The van der Waals surface area contributed by atoms with Crippen LogP contribution in [-0.4, -0.2) is 9.78 Å². The van der Waals surface area contributed by atoms with Crippen molar-refractivity contribution in [2.45, 2.75) is 20.0 Å². The van der Waals surface area contributed by atoms with Crippen LogP contribution in [0.1, 0.15) is 12.6 Å². The maximum Gasteiger partial charge on any atom is 0.124 e. The molecule has 0 aliphatic rings. The molecule has 0 aliphatic heterocycles. The molecule has 0 aliphatic carbocycles. The van der Waals surface area contributed by atoms with Crippen LogP contribution in [0, 0.1) is 9.39 Å². The summed E-state index contributed by atoms with van der Waals surface area (Å²) in [6, 6.07) is 6.71. The van der Waals surface area contributed by atoms with Crippen LogP contribution in [0.3, 0.4) is 0 Å². The van der Waals surface area contributed by atoms with Gasteiger partial charge in [0.15, 0.2) is 0 Å². The summed E-state index contributed by atoms with van der Waals surface area (Å²) in [5.41, 5.74) is 2.06. The average Bonchev–Trinajstić information content (AvgIpc) is 2.75. The molecule has 1 heterocycles. The monoisotopic (exact) mass is 345 g/mol. The van der Waals surface area contributed by atoms with Crippen molar-refractivity contribution < 1.29 is 4.39 Å². The van der Waals surface area contributed by atoms with Gasteiger partial charge in [-0.05, 0) is 53.8 Å². The second kappa shape index (κ2) is 5.48. The van der Waals surface area contributed by atoms with Crippen LogP contribution in [0.5, 0.6) is 0 Å². The lowest BCUT2D eigenvalue weighted by molar-refractivity contribution is 0.625. The summed E-state index contributed by atoms with van der Waals surface area (Å²) in [4.78, 5) is 0. The molecular weight excluding hydrogens is 332 g/mol. The fourth-order valence-corrected chi connectivity index (χ4v) is 2.28. The minimum absolute atomic E-state index is 0.210. The van der Waals surface area contributed by atoms with E-state index in [0.29, 0.717) is 6.54 Å². The molecule has 0 radical (unpaired) electrons. The van der Waals surface area contributed by atoms with E-state index in [1.165, 1.54) is 12.1 Å². The second-order valence-corrected chi connectivity index (χ2v) is 4.78. The van der Waals surface area contributed by atoms with E-state index in [-0.39, 0.29) is 5.82 Å². The Morgan fingerprint density at radius 2 is 2.24 bits per heavy atom. The van der Waals surface area contributed by atoms with Gasteiger partial charge in [0.1, 0.15) is 5.82 Å². The third-order valence-corrected chi connectivity index (χ3v) is 3.39. The predicted octanol–water partition coefficient (Wildman–Crippen LogP) is 3.26. The molecule has 17 heavy (non-hydrogen) atoms. The summed E-state index contributed by atoms with van der Waals surface area (Å²) >= 11 is 2.12. The molecule has 2 aromatic rings. The number of nitrogens with one attached hydrogen (secondary N) is 1. The van der Waals surface area contributed by atoms with E-state index in [1.54, 1.807) is 12.3 Å². The number of rotatable bonds is 4. The molecule has 0 atom stereocenters. The van der Waals surface area contributed by atoms with E-state index in [2.05, 4.69) is 39.9 Å². The van der Waals surface area contributed by atoms with Crippen molar-refractivity contribution in [3.63, 3.8) is 0 Å². The molecule has 0 spiro atoms. The average molecular weight is 345 g/mol. The van der Waals surface area contributed by atoms with Crippen molar-refractivity contribution in [1.82, 2.24) is 9.78 Å². The van der Waals surface area contributed by atoms with Gasteiger partial charge in [0.2, 0.25) is 0 Å². The van der Waals surface area contributed by atoms with Gasteiger partial charge in [-0.3, -0.25) is 4.68 Å². The number of halogens is 2. The molecule has 0 saturated carbocycles. The van der Waals surface area contributed by atoms with E-state index >= 15 is 0 Å². The van der Waals surface area contributed by atoms with Gasteiger partial charge in [-0.15, -0.1) is 0 Å². The summed E-state index contributed by atoms with van der Waals surface area (Å²) < 4.78 is 15.7. The van der Waals surface area contributed by atoms with Crippen molar-refractivity contribution in [3.05, 3.63) is 45.5 Å². The molecule has 1 aromatic carbocycles. The number of anilines is 1. The fourth-order valence-electron chi connectivity index (χ4n) is 1.61. The molecule has 1 aromatic heterocycles. The number of hydrogen-bond donors (Lipinski definition) is 1.